The van der Waals surface area contributed by atoms with Gasteiger partial charge in [0, 0.05) is 30.3 Å². The summed E-state index contributed by atoms with van der Waals surface area (Å²) in [7, 11) is 0. The highest BCUT2D eigenvalue weighted by atomic mass is 19.1. The number of nitro benzene ring substituents is 1. The van der Waals surface area contributed by atoms with E-state index in [0.717, 1.165) is 25.3 Å². The summed E-state index contributed by atoms with van der Waals surface area (Å²) >= 11 is 0. The van der Waals surface area contributed by atoms with Gasteiger partial charge >= 0.3 is 5.69 Å². The molecule has 2 atom stereocenters. The van der Waals surface area contributed by atoms with E-state index in [9.17, 15) is 18.9 Å². The van der Waals surface area contributed by atoms with Crippen LogP contribution in [-0.2, 0) is 6.54 Å². The third-order valence-electron chi connectivity index (χ3n) is 3.59. The molecule has 0 aromatic heterocycles. The number of benzene rings is 1. The zero-order valence-corrected chi connectivity index (χ0v) is 10.7. The van der Waals surface area contributed by atoms with Crippen LogP contribution >= 0.6 is 0 Å². The number of rotatable bonds is 4. The molecule has 0 amide bonds. The summed E-state index contributed by atoms with van der Waals surface area (Å²) in [5, 5.41) is 13.8. The van der Waals surface area contributed by atoms with Crippen LogP contribution in [-0.4, -0.2) is 11.0 Å². The van der Waals surface area contributed by atoms with Gasteiger partial charge in [0.1, 0.15) is 5.82 Å². The van der Waals surface area contributed by atoms with E-state index in [0.29, 0.717) is 18.0 Å². The summed E-state index contributed by atoms with van der Waals surface area (Å²) in [6, 6.07) is 1.85. The van der Waals surface area contributed by atoms with Crippen LogP contribution in [0.4, 0.5) is 14.5 Å². The van der Waals surface area contributed by atoms with Crippen molar-refractivity contribution in [2.45, 2.75) is 38.8 Å². The Balaban J connectivity index is 2.07. The van der Waals surface area contributed by atoms with Crippen LogP contribution < -0.4 is 5.32 Å². The average Bonchev–Trinajstić information content (AvgIpc) is 2.73. The highest BCUT2D eigenvalue weighted by Crippen LogP contribution is 2.26. The van der Waals surface area contributed by atoms with Gasteiger partial charge in [-0.05, 0) is 25.2 Å². The Morgan fingerprint density at radius 2 is 2.11 bits per heavy atom. The molecule has 0 radical (unpaired) electrons. The Morgan fingerprint density at radius 3 is 2.68 bits per heavy atom. The minimum atomic E-state index is -1.14. The first-order valence-electron chi connectivity index (χ1n) is 6.33. The van der Waals surface area contributed by atoms with Crippen molar-refractivity contribution in [3.05, 3.63) is 39.4 Å². The summed E-state index contributed by atoms with van der Waals surface area (Å²) < 4.78 is 26.7. The fraction of sp³-hybridized carbons (Fsp3) is 0.538. The van der Waals surface area contributed by atoms with E-state index in [1.54, 1.807) is 0 Å². The van der Waals surface area contributed by atoms with Gasteiger partial charge < -0.3 is 5.32 Å². The molecule has 1 N–H and O–H groups in total. The molecule has 104 valence electrons. The molecule has 0 heterocycles. The molecule has 0 saturated heterocycles. The molecule has 0 bridgehead atoms. The Bertz CT molecular complexity index is 494. The molecule has 1 fully saturated rings. The van der Waals surface area contributed by atoms with Gasteiger partial charge in [0.25, 0.3) is 0 Å². The standard InChI is InChI=1S/C13H16F2N2O2/c1-8-2-3-10(4-8)16-7-9-5-13(17(18)19)12(15)6-11(9)14/h5-6,8,10,16H,2-4,7H2,1H3. The normalized spacial score (nSPS) is 22.7. The first-order valence-corrected chi connectivity index (χ1v) is 6.33. The molecular weight excluding hydrogens is 254 g/mol. The van der Waals surface area contributed by atoms with Gasteiger partial charge in [-0.3, -0.25) is 10.1 Å². The summed E-state index contributed by atoms with van der Waals surface area (Å²) in [5.74, 6) is -1.24. The second-order valence-corrected chi connectivity index (χ2v) is 5.15. The van der Waals surface area contributed by atoms with Crippen LogP contribution in [0.25, 0.3) is 0 Å². The molecule has 6 heteroatoms. The lowest BCUT2D eigenvalue weighted by atomic mass is 10.1. The first-order chi connectivity index (χ1) is 8.97. The Morgan fingerprint density at radius 1 is 1.37 bits per heavy atom. The van der Waals surface area contributed by atoms with E-state index < -0.39 is 22.2 Å². The molecule has 1 aliphatic carbocycles. The lowest BCUT2D eigenvalue weighted by Crippen LogP contribution is -2.26. The number of nitro groups is 1. The molecule has 0 aliphatic heterocycles. The fourth-order valence-corrected chi connectivity index (χ4v) is 2.50. The number of hydrogen-bond donors (Lipinski definition) is 1. The number of halogens is 2. The smallest absolute Gasteiger partial charge is 0.305 e. The highest BCUT2D eigenvalue weighted by molar-refractivity contribution is 5.37. The summed E-state index contributed by atoms with van der Waals surface area (Å²) in [5.41, 5.74) is -0.550. The maximum atomic E-state index is 13.5. The van der Waals surface area contributed by atoms with Gasteiger partial charge in [-0.15, -0.1) is 0 Å². The van der Waals surface area contributed by atoms with Gasteiger partial charge in [0.05, 0.1) is 4.92 Å². The Labute approximate surface area is 110 Å². The zero-order chi connectivity index (χ0) is 14.0. The maximum Gasteiger partial charge on any atom is 0.305 e. The molecular formula is C13H16F2N2O2. The molecule has 1 aliphatic rings. The SMILES string of the molecule is CC1CCC(NCc2cc([N+](=O)[O-])c(F)cc2F)C1. The Hall–Kier alpha value is -1.56. The largest absolute Gasteiger partial charge is 0.310 e. The predicted octanol–water partition coefficient (Wildman–Crippen LogP) is 3.15. The molecule has 1 saturated carbocycles. The van der Waals surface area contributed by atoms with Gasteiger partial charge in [-0.25, -0.2) is 4.39 Å². The van der Waals surface area contributed by atoms with Crippen LogP contribution in [0.15, 0.2) is 12.1 Å². The van der Waals surface area contributed by atoms with E-state index in [1.165, 1.54) is 0 Å². The van der Waals surface area contributed by atoms with Gasteiger partial charge in [0.15, 0.2) is 0 Å². The lowest BCUT2D eigenvalue weighted by Gasteiger charge is -2.12. The molecule has 19 heavy (non-hydrogen) atoms. The molecule has 0 spiro atoms. The van der Waals surface area contributed by atoms with Crippen LogP contribution in [0.3, 0.4) is 0 Å². The second kappa shape index (κ2) is 5.61. The second-order valence-electron chi connectivity index (χ2n) is 5.15. The summed E-state index contributed by atoms with van der Waals surface area (Å²) in [6.07, 6.45) is 3.17. The van der Waals surface area contributed by atoms with Gasteiger partial charge in [-0.1, -0.05) is 6.92 Å². The van der Waals surface area contributed by atoms with E-state index in [-0.39, 0.29) is 12.1 Å². The highest BCUT2D eigenvalue weighted by Gasteiger charge is 2.22. The fourth-order valence-electron chi connectivity index (χ4n) is 2.50. The number of hydrogen-bond acceptors (Lipinski definition) is 3. The lowest BCUT2D eigenvalue weighted by molar-refractivity contribution is -0.387. The van der Waals surface area contributed by atoms with E-state index >= 15 is 0 Å². The zero-order valence-electron chi connectivity index (χ0n) is 10.7. The molecule has 1 aromatic rings. The van der Waals surface area contributed by atoms with Crippen molar-refractivity contribution in [3.63, 3.8) is 0 Å². The van der Waals surface area contributed by atoms with Crippen molar-refractivity contribution < 1.29 is 13.7 Å². The first kappa shape index (κ1) is 13.9. The van der Waals surface area contributed by atoms with Crippen molar-refractivity contribution in [2.75, 3.05) is 0 Å². The van der Waals surface area contributed by atoms with Gasteiger partial charge in [-0.2, -0.15) is 4.39 Å². The van der Waals surface area contributed by atoms with Crippen LogP contribution in [0.1, 0.15) is 31.7 Å². The van der Waals surface area contributed by atoms with Crippen molar-refractivity contribution in [1.82, 2.24) is 5.32 Å². The number of nitrogens with one attached hydrogen (secondary N) is 1. The van der Waals surface area contributed by atoms with Crippen LogP contribution in [0.5, 0.6) is 0 Å². The van der Waals surface area contributed by atoms with E-state index in [4.69, 9.17) is 0 Å². The number of nitrogens with zero attached hydrogens (tertiary/aromatic N) is 1. The third kappa shape index (κ3) is 3.26. The van der Waals surface area contributed by atoms with Crippen molar-refractivity contribution in [2.24, 2.45) is 5.92 Å². The van der Waals surface area contributed by atoms with Gasteiger partial charge in [0.2, 0.25) is 5.82 Å². The Kier molecular flexibility index (Phi) is 4.09. The minimum absolute atomic E-state index is 0.132. The molecule has 4 nitrogen and oxygen atoms in total. The van der Waals surface area contributed by atoms with Crippen LogP contribution in [0, 0.1) is 27.7 Å². The predicted molar refractivity (Wildman–Crippen MR) is 66.7 cm³/mol. The summed E-state index contributed by atoms with van der Waals surface area (Å²) in [4.78, 5) is 9.77. The molecule has 2 unspecified atom stereocenters. The van der Waals surface area contributed by atoms with Crippen molar-refractivity contribution in [3.8, 4) is 0 Å². The molecule has 2 rings (SSSR count). The van der Waals surface area contributed by atoms with E-state index in [1.807, 2.05) is 0 Å². The van der Waals surface area contributed by atoms with Crippen molar-refractivity contribution in [1.29, 1.82) is 0 Å². The maximum absolute atomic E-state index is 13.5. The monoisotopic (exact) mass is 270 g/mol. The topological polar surface area (TPSA) is 55.2 Å². The summed E-state index contributed by atoms with van der Waals surface area (Å²) in [6.45, 7) is 2.34. The average molecular weight is 270 g/mol. The van der Waals surface area contributed by atoms with E-state index in [2.05, 4.69) is 12.2 Å². The molecule has 1 aromatic carbocycles. The quantitative estimate of drug-likeness (QED) is 0.675. The van der Waals surface area contributed by atoms with Crippen molar-refractivity contribution >= 4 is 5.69 Å². The third-order valence-corrected chi connectivity index (χ3v) is 3.59. The van der Waals surface area contributed by atoms with Crippen LogP contribution in [0.2, 0.25) is 0 Å². The minimum Gasteiger partial charge on any atom is -0.310 e.